The second-order valence-corrected chi connectivity index (χ2v) is 3.15. The maximum atomic E-state index is 5.14. The number of hydrogen-bond donors (Lipinski definition) is 0. The molecule has 1 aromatic carbocycles. The zero-order valence-corrected chi connectivity index (χ0v) is 6.54. The molecule has 0 saturated heterocycles. The normalized spacial score (nSPS) is 18.3. The highest BCUT2D eigenvalue weighted by Gasteiger charge is 2.29. The van der Waals surface area contributed by atoms with Crippen LogP contribution in [0.1, 0.15) is 12.0 Å². The van der Waals surface area contributed by atoms with Crippen LogP contribution in [0.5, 0.6) is 5.75 Å². The van der Waals surface area contributed by atoms with Crippen LogP contribution in [0.3, 0.4) is 0 Å². The Labute approximate surface area is 70.3 Å². The van der Waals surface area contributed by atoms with Crippen molar-refractivity contribution in [1.82, 2.24) is 0 Å². The summed E-state index contributed by atoms with van der Waals surface area (Å²) in [6, 6.07) is 7.98. The summed E-state index contributed by atoms with van der Waals surface area (Å²) >= 11 is 0. The molecule has 0 bridgehead atoms. The monoisotopic (exact) mass is 160 g/mol. The number of hydrogen-bond acceptors (Lipinski definition) is 2. The maximum absolute atomic E-state index is 5.14. The van der Waals surface area contributed by atoms with Crippen LogP contribution in [-0.2, 0) is 11.3 Å². The quantitative estimate of drug-likeness (QED) is 0.542. The van der Waals surface area contributed by atoms with E-state index >= 15 is 0 Å². The minimum atomic E-state index is 0.852. The molecule has 0 radical (unpaired) electrons. The van der Waals surface area contributed by atoms with Gasteiger partial charge in [0.05, 0.1) is 0 Å². The molecule has 1 aromatic rings. The SMILES string of the molecule is c1ccc2c(c1)CC1=C(C1)OO2. The van der Waals surface area contributed by atoms with E-state index in [0.29, 0.717) is 0 Å². The molecular formula is C10H8O2. The van der Waals surface area contributed by atoms with E-state index in [1.54, 1.807) is 0 Å². The molecular weight excluding hydrogens is 152 g/mol. The molecule has 12 heavy (non-hydrogen) atoms. The fraction of sp³-hybridized carbons (Fsp3) is 0.200. The van der Waals surface area contributed by atoms with Crippen molar-refractivity contribution in [2.24, 2.45) is 0 Å². The Morgan fingerprint density at radius 3 is 2.92 bits per heavy atom. The highest BCUT2D eigenvalue weighted by atomic mass is 17.2. The van der Waals surface area contributed by atoms with Gasteiger partial charge in [0.1, 0.15) is 0 Å². The van der Waals surface area contributed by atoms with E-state index in [4.69, 9.17) is 9.78 Å². The summed E-state index contributed by atoms with van der Waals surface area (Å²) in [5.41, 5.74) is 2.60. The third kappa shape index (κ3) is 0.811. The molecule has 2 nitrogen and oxygen atoms in total. The lowest BCUT2D eigenvalue weighted by molar-refractivity contribution is -0.160. The van der Waals surface area contributed by atoms with Crippen LogP contribution in [0, 0.1) is 0 Å². The number of rotatable bonds is 0. The van der Waals surface area contributed by atoms with Crippen LogP contribution in [0.15, 0.2) is 35.6 Å². The van der Waals surface area contributed by atoms with E-state index in [2.05, 4.69) is 6.07 Å². The third-order valence-corrected chi connectivity index (χ3v) is 2.25. The zero-order chi connectivity index (χ0) is 7.97. The lowest BCUT2D eigenvalue weighted by Crippen LogP contribution is -1.94. The van der Waals surface area contributed by atoms with E-state index in [0.717, 1.165) is 24.4 Å². The fourth-order valence-electron chi connectivity index (χ4n) is 1.46. The number of para-hydroxylation sites is 1. The van der Waals surface area contributed by atoms with Gasteiger partial charge in [-0.1, -0.05) is 18.2 Å². The summed E-state index contributed by atoms with van der Waals surface area (Å²) in [6.07, 6.45) is 1.99. The lowest BCUT2D eigenvalue weighted by atomic mass is 10.1. The average Bonchev–Trinajstić information content (AvgIpc) is 2.80. The van der Waals surface area contributed by atoms with Crippen molar-refractivity contribution in [2.75, 3.05) is 0 Å². The minimum Gasteiger partial charge on any atom is -0.294 e. The highest BCUT2D eigenvalue weighted by molar-refractivity contribution is 5.43. The molecule has 0 spiro atoms. The summed E-state index contributed by atoms with van der Waals surface area (Å²) in [5.74, 6) is 1.87. The molecule has 0 N–H and O–H groups in total. The van der Waals surface area contributed by atoms with Gasteiger partial charge in [0.25, 0.3) is 0 Å². The molecule has 0 fully saturated rings. The summed E-state index contributed by atoms with van der Waals surface area (Å²) in [5, 5.41) is 0. The Morgan fingerprint density at radius 2 is 1.92 bits per heavy atom. The molecule has 0 saturated carbocycles. The van der Waals surface area contributed by atoms with Crippen molar-refractivity contribution in [3.05, 3.63) is 41.2 Å². The van der Waals surface area contributed by atoms with Crippen LogP contribution in [0.25, 0.3) is 0 Å². The first-order valence-corrected chi connectivity index (χ1v) is 4.07. The average molecular weight is 160 g/mol. The van der Waals surface area contributed by atoms with Crippen LogP contribution >= 0.6 is 0 Å². The van der Waals surface area contributed by atoms with Crippen LogP contribution in [-0.4, -0.2) is 0 Å². The zero-order valence-electron chi connectivity index (χ0n) is 6.54. The largest absolute Gasteiger partial charge is 0.294 e. The van der Waals surface area contributed by atoms with E-state index in [1.165, 1.54) is 11.1 Å². The van der Waals surface area contributed by atoms with Crippen LogP contribution < -0.4 is 4.89 Å². The van der Waals surface area contributed by atoms with Gasteiger partial charge in [-0.2, -0.15) is 0 Å². The number of benzene rings is 1. The van der Waals surface area contributed by atoms with Gasteiger partial charge in [0.15, 0.2) is 11.5 Å². The molecule has 0 amide bonds. The maximum Gasteiger partial charge on any atom is 0.182 e. The first-order chi connectivity index (χ1) is 5.93. The molecule has 0 unspecified atom stereocenters. The van der Waals surface area contributed by atoms with Gasteiger partial charge in [0, 0.05) is 18.4 Å². The van der Waals surface area contributed by atoms with Gasteiger partial charge >= 0.3 is 0 Å². The van der Waals surface area contributed by atoms with Gasteiger partial charge in [0.2, 0.25) is 0 Å². The molecule has 2 aliphatic rings. The van der Waals surface area contributed by atoms with Crippen molar-refractivity contribution in [1.29, 1.82) is 0 Å². The minimum absolute atomic E-state index is 0.852. The van der Waals surface area contributed by atoms with Crippen molar-refractivity contribution in [3.63, 3.8) is 0 Å². The molecule has 2 heteroatoms. The number of fused-ring (bicyclic) bond motifs is 1. The van der Waals surface area contributed by atoms with E-state index in [-0.39, 0.29) is 0 Å². The molecule has 1 heterocycles. The Kier molecular flexibility index (Phi) is 1.04. The van der Waals surface area contributed by atoms with Crippen molar-refractivity contribution in [3.8, 4) is 5.75 Å². The van der Waals surface area contributed by atoms with Crippen LogP contribution in [0.2, 0.25) is 0 Å². The second-order valence-electron chi connectivity index (χ2n) is 3.15. The fourth-order valence-corrected chi connectivity index (χ4v) is 1.46. The number of allylic oxidation sites excluding steroid dienone is 2. The molecule has 1 aliphatic carbocycles. The Balaban J connectivity index is 2.06. The topological polar surface area (TPSA) is 18.5 Å². The predicted molar refractivity (Wildman–Crippen MR) is 43.5 cm³/mol. The molecule has 1 aliphatic heterocycles. The van der Waals surface area contributed by atoms with Crippen molar-refractivity contribution in [2.45, 2.75) is 12.8 Å². The van der Waals surface area contributed by atoms with Gasteiger partial charge in [-0.25, -0.2) is 0 Å². The van der Waals surface area contributed by atoms with Crippen molar-refractivity contribution < 1.29 is 9.78 Å². The summed E-state index contributed by atoms with van der Waals surface area (Å²) in [7, 11) is 0. The first-order valence-electron chi connectivity index (χ1n) is 4.07. The predicted octanol–water partition coefficient (Wildman–Crippen LogP) is 2.21. The van der Waals surface area contributed by atoms with Gasteiger partial charge in [-0.3, -0.25) is 9.78 Å². The molecule has 3 rings (SSSR count). The summed E-state index contributed by atoms with van der Waals surface area (Å²) < 4.78 is 0. The summed E-state index contributed by atoms with van der Waals surface area (Å²) in [4.78, 5) is 10.2. The van der Waals surface area contributed by atoms with E-state index in [1.807, 2.05) is 18.2 Å². The molecule has 0 aromatic heterocycles. The van der Waals surface area contributed by atoms with Gasteiger partial charge < -0.3 is 0 Å². The second kappa shape index (κ2) is 2.03. The molecule has 60 valence electrons. The standard InChI is InChI=1S/C10H8O2/c1-2-4-9-7(3-1)5-8-6-10(8)12-11-9/h1-4H,5-6H2. The first kappa shape index (κ1) is 6.12. The Hall–Kier alpha value is -1.44. The lowest BCUT2D eigenvalue weighted by Gasteiger charge is -2.05. The summed E-state index contributed by atoms with van der Waals surface area (Å²) in [6.45, 7) is 0. The Morgan fingerprint density at radius 1 is 1.00 bits per heavy atom. The van der Waals surface area contributed by atoms with Gasteiger partial charge in [-0.05, 0) is 11.6 Å². The Bertz CT molecular complexity index is 366. The smallest absolute Gasteiger partial charge is 0.182 e. The van der Waals surface area contributed by atoms with Crippen molar-refractivity contribution >= 4 is 0 Å². The van der Waals surface area contributed by atoms with Crippen LogP contribution in [0.4, 0.5) is 0 Å². The van der Waals surface area contributed by atoms with Gasteiger partial charge in [-0.15, -0.1) is 0 Å². The highest BCUT2D eigenvalue weighted by Crippen LogP contribution is 2.39. The van der Waals surface area contributed by atoms with E-state index in [9.17, 15) is 0 Å². The molecule has 0 atom stereocenters. The third-order valence-electron chi connectivity index (χ3n) is 2.25. The van der Waals surface area contributed by atoms with E-state index < -0.39 is 0 Å².